The van der Waals surface area contributed by atoms with Gasteiger partial charge in [-0.15, -0.1) is 11.3 Å². The first kappa shape index (κ1) is 17.9. The van der Waals surface area contributed by atoms with Gasteiger partial charge >= 0.3 is 0 Å². The summed E-state index contributed by atoms with van der Waals surface area (Å²) >= 11 is 1.72. The number of hydrogen-bond acceptors (Lipinski definition) is 4. The molecular formula is C21H20N2O2S2. The maximum Gasteiger partial charge on any atom is 0.229 e. The van der Waals surface area contributed by atoms with Gasteiger partial charge in [0.1, 0.15) is 0 Å². The van der Waals surface area contributed by atoms with Crippen LogP contribution in [0.2, 0.25) is 0 Å². The van der Waals surface area contributed by atoms with Crippen LogP contribution in [0.3, 0.4) is 0 Å². The minimum Gasteiger partial charge on any atom is -0.284 e. The van der Waals surface area contributed by atoms with E-state index in [2.05, 4.69) is 35.1 Å². The predicted molar refractivity (Wildman–Crippen MR) is 113 cm³/mol. The maximum absolute atomic E-state index is 11.5. The topological polar surface area (TPSA) is 59.1 Å². The molecule has 1 aromatic heterocycles. The minimum absolute atomic E-state index is 0.564. The summed E-state index contributed by atoms with van der Waals surface area (Å²) in [5, 5.41) is 1.07. The molecule has 1 heterocycles. The smallest absolute Gasteiger partial charge is 0.229 e. The largest absolute Gasteiger partial charge is 0.284 e. The maximum atomic E-state index is 11.5. The molecule has 27 heavy (non-hydrogen) atoms. The summed E-state index contributed by atoms with van der Waals surface area (Å²) < 4.78 is 25.6. The molecule has 0 atom stereocenters. The van der Waals surface area contributed by atoms with Gasteiger partial charge < -0.3 is 0 Å². The van der Waals surface area contributed by atoms with Crippen LogP contribution in [0.1, 0.15) is 32.3 Å². The zero-order valence-electron chi connectivity index (χ0n) is 15.2. The zero-order chi connectivity index (χ0) is 19.0. The normalized spacial score (nSPS) is 15.1. The van der Waals surface area contributed by atoms with Crippen LogP contribution >= 0.6 is 11.3 Å². The van der Waals surface area contributed by atoms with Crippen molar-refractivity contribution < 1.29 is 8.42 Å². The van der Waals surface area contributed by atoms with Crippen LogP contribution in [0.5, 0.6) is 0 Å². The van der Waals surface area contributed by atoms with E-state index in [9.17, 15) is 8.42 Å². The lowest BCUT2D eigenvalue weighted by atomic mass is 9.97. The number of aryl methyl sites for hydroxylation is 3. The number of thiazole rings is 1. The summed E-state index contributed by atoms with van der Waals surface area (Å²) in [6.07, 6.45) is 5.20. The van der Waals surface area contributed by atoms with E-state index in [-0.39, 0.29) is 0 Å². The molecule has 138 valence electrons. The van der Waals surface area contributed by atoms with Crippen molar-refractivity contribution in [3.05, 3.63) is 80.8 Å². The summed E-state index contributed by atoms with van der Waals surface area (Å²) in [6, 6.07) is 15.9. The van der Waals surface area contributed by atoms with E-state index in [0.29, 0.717) is 5.69 Å². The molecule has 4 nitrogen and oxygen atoms in total. The summed E-state index contributed by atoms with van der Waals surface area (Å²) in [7, 11) is -3.31. The molecule has 1 aliphatic carbocycles. The number of benzene rings is 2. The number of hydrogen-bond donors (Lipinski definition) is 1. The molecule has 0 saturated heterocycles. The first-order chi connectivity index (χ1) is 12.9. The average molecular weight is 397 g/mol. The van der Waals surface area contributed by atoms with Crippen LogP contribution < -0.4 is 4.72 Å². The molecule has 0 fully saturated rings. The molecule has 0 saturated carbocycles. The number of anilines is 1. The number of nitrogens with zero attached hydrogens (tertiary/aromatic N) is 1. The Morgan fingerprint density at radius 2 is 1.93 bits per heavy atom. The average Bonchev–Trinajstić information content (AvgIpc) is 2.91. The van der Waals surface area contributed by atoms with Crippen LogP contribution in [-0.2, 0) is 22.9 Å². The number of sulfonamides is 1. The van der Waals surface area contributed by atoms with Crippen molar-refractivity contribution in [2.24, 2.45) is 0 Å². The monoisotopic (exact) mass is 396 g/mol. The standard InChI is InChI=1S/C21H20N2O2S2/c1-14-22-20-11-10-16-7-3-4-9-18(16)19(21(20)26-14)13-15-6-5-8-17(12-15)23-27(2,24)25/h3-9,12-13,23H,10-11H2,1-2H3/b19-13+. The molecule has 0 bridgehead atoms. The fourth-order valence-corrected chi connectivity index (χ4v) is 4.99. The van der Waals surface area contributed by atoms with Crippen LogP contribution in [-0.4, -0.2) is 19.7 Å². The Bertz CT molecular complexity index is 1140. The predicted octanol–water partition coefficient (Wildman–Crippen LogP) is 4.51. The molecule has 0 aliphatic heterocycles. The highest BCUT2D eigenvalue weighted by Gasteiger charge is 2.21. The van der Waals surface area contributed by atoms with Crippen molar-refractivity contribution in [3.63, 3.8) is 0 Å². The molecule has 1 N–H and O–H groups in total. The van der Waals surface area contributed by atoms with Gasteiger partial charge in [-0.2, -0.15) is 0 Å². The van der Waals surface area contributed by atoms with Crippen molar-refractivity contribution in [1.29, 1.82) is 0 Å². The van der Waals surface area contributed by atoms with Crippen molar-refractivity contribution in [2.75, 3.05) is 11.0 Å². The number of nitrogens with one attached hydrogen (secondary N) is 1. The first-order valence-corrected chi connectivity index (χ1v) is 11.4. The fraction of sp³-hybridized carbons (Fsp3) is 0.190. The molecule has 4 rings (SSSR count). The quantitative estimate of drug-likeness (QED) is 0.709. The second-order valence-electron chi connectivity index (χ2n) is 6.72. The highest BCUT2D eigenvalue weighted by molar-refractivity contribution is 7.92. The van der Waals surface area contributed by atoms with E-state index in [4.69, 9.17) is 4.98 Å². The SMILES string of the molecule is Cc1nc2c(s1)/C(=C/c1cccc(NS(C)(=O)=O)c1)c1ccccc1CC2. The lowest BCUT2D eigenvalue weighted by Gasteiger charge is -2.10. The van der Waals surface area contributed by atoms with Gasteiger partial charge in [-0.3, -0.25) is 4.72 Å². The van der Waals surface area contributed by atoms with Gasteiger partial charge in [-0.05, 0) is 54.7 Å². The van der Waals surface area contributed by atoms with Crippen molar-refractivity contribution in [1.82, 2.24) is 4.98 Å². The van der Waals surface area contributed by atoms with Crippen LogP contribution in [0.4, 0.5) is 5.69 Å². The number of fused-ring (bicyclic) bond motifs is 2. The van der Waals surface area contributed by atoms with E-state index < -0.39 is 10.0 Å². The molecule has 3 aromatic rings. The third kappa shape index (κ3) is 3.96. The summed E-state index contributed by atoms with van der Waals surface area (Å²) in [5.41, 5.74) is 6.35. The zero-order valence-corrected chi connectivity index (χ0v) is 16.8. The Balaban J connectivity index is 1.86. The molecule has 0 radical (unpaired) electrons. The Morgan fingerprint density at radius 1 is 1.11 bits per heavy atom. The van der Waals surface area contributed by atoms with Gasteiger partial charge in [0.25, 0.3) is 0 Å². The van der Waals surface area contributed by atoms with Gasteiger partial charge in [0, 0.05) is 11.3 Å². The van der Waals surface area contributed by atoms with Gasteiger partial charge in [0.2, 0.25) is 10.0 Å². The van der Waals surface area contributed by atoms with Gasteiger partial charge in [-0.1, -0.05) is 36.4 Å². The summed E-state index contributed by atoms with van der Waals surface area (Å²) in [4.78, 5) is 5.95. The van der Waals surface area contributed by atoms with Gasteiger partial charge in [0.05, 0.1) is 21.8 Å². The molecule has 0 amide bonds. The molecule has 0 spiro atoms. The Labute approximate surface area is 163 Å². The van der Waals surface area contributed by atoms with E-state index >= 15 is 0 Å². The fourth-order valence-electron chi connectivity index (χ4n) is 3.44. The Hall–Kier alpha value is -2.44. The van der Waals surface area contributed by atoms with Crippen molar-refractivity contribution >= 4 is 38.7 Å². The molecule has 0 unspecified atom stereocenters. The lowest BCUT2D eigenvalue weighted by molar-refractivity contribution is 0.607. The van der Waals surface area contributed by atoms with E-state index in [1.807, 2.05) is 25.1 Å². The van der Waals surface area contributed by atoms with Gasteiger partial charge in [0.15, 0.2) is 0 Å². The highest BCUT2D eigenvalue weighted by atomic mass is 32.2. The number of rotatable bonds is 3. The lowest BCUT2D eigenvalue weighted by Crippen LogP contribution is -2.09. The first-order valence-electron chi connectivity index (χ1n) is 8.73. The molecule has 6 heteroatoms. The van der Waals surface area contributed by atoms with Crippen molar-refractivity contribution in [3.8, 4) is 0 Å². The number of aromatic nitrogens is 1. The van der Waals surface area contributed by atoms with Crippen LogP contribution in [0.15, 0.2) is 48.5 Å². The third-order valence-electron chi connectivity index (χ3n) is 4.49. The Morgan fingerprint density at radius 3 is 2.74 bits per heavy atom. The molecule has 2 aromatic carbocycles. The second-order valence-corrected chi connectivity index (χ2v) is 9.68. The summed E-state index contributed by atoms with van der Waals surface area (Å²) in [5.74, 6) is 0. The highest BCUT2D eigenvalue weighted by Crippen LogP contribution is 2.38. The minimum atomic E-state index is -3.31. The van der Waals surface area contributed by atoms with Crippen LogP contribution in [0, 0.1) is 6.92 Å². The second kappa shape index (κ2) is 6.94. The van der Waals surface area contributed by atoms with E-state index in [0.717, 1.165) is 40.9 Å². The summed E-state index contributed by atoms with van der Waals surface area (Å²) in [6.45, 7) is 2.04. The van der Waals surface area contributed by atoms with E-state index in [1.165, 1.54) is 16.0 Å². The molecule has 1 aliphatic rings. The van der Waals surface area contributed by atoms with Crippen LogP contribution in [0.25, 0.3) is 11.6 Å². The van der Waals surface area contributed by atoms with Crippen molar-refractivity contribution in [2.45, 2.75) is 19.8 Å². The third-order valence-corrected chi connectivity index (χ3v) is 6.14. The molecular weight excluding hydrogens is 376 g/mol. The van der Waals surface area contributed by atoms with Gasteiger partial charge in [-0.25, -0.2) is 13.4 Å². The van der Waals surface area contributed by atoms with E-state index in [1.54, 1.807) is 17.4 Å². The Kier molecular flexibility index (Phi) is 4.61.